The van der Waals surface area contributed by atoms with Gasteiger partial charge in [-0.25, -0.2) is 5.10 Å². The lowest BCUT2D eigenvalue weighted by atomic mass is 10.4. The molecule has 5 N–H and O–H groups in total. The van der Waals surface area contributed by atoms with Crippen LogP contribution in [0.15, 0.2) is 0 Å². The van der Waals surface area contributed by atoms with Crippen LogP contribution in [0.3, 0.4) is 0 Å². The molecule has 0 aromatic carbocycles. The highest BCUT2D eigenvalue weighted by Gasteiger charge is 2.22. The lowest BCUT2D eigenvalue weighted by Crippen LogP contribution is -2.27. The van der Waals surface area contributed by atoms with Crippen molar-refractivity contribution in [2.75, 3.05) is 17.6 Å². The van der Waals surface area contributed by atoms with Crippen molar-refractivity contribution < 1.29 is 4.79 Å². The van der Waals surface area contributed by atoms with Gasteiger partial charge < -0.3 is 16.4 Å². The molecule has 2 rings (SSSR count). The third-order valence-corrected chi connectivity index (χ3v) is 2.08. The number of rotatable bonds is 5. The Morgan fingerprint density at radius 3 is 3.00 bits per heavy atom. The molecule has 0 spiro atoms. The lowest BCUT2D eigenvalue weighted by molar-refractivity contribution is -0.120. The van der Waals surface area contributed by atoms with E-state index in [-0.39, 0.29) is 11.9 Å². The van der Waals surface area contributed by atoms with Crippen LogP contribution >= 0.6 is 0 Å². The normalized spacial score (nSPS) is 14.9. The number of amides is 1. The molecule has 7 nitrogen and oxygen atoms in total. The van der Waals surface area contributed by atoms with Crippen molar-refractivity contribution in [3.8, 4) is 0 Å². The van der Waals surface area contributed by atoms with Crippen molar-refractivity contribution in [1.29, 1.82) is 0 Å². The zero-order valence-corrected chi connectivity index (χ0v) is 8.29. The topological polar surface area (TPSA) is 109 Å². The Morgan fingerprint density at radius 2 is 2.40 bits per heavy atom. The summed E-state index contributed by atoms with van der Waals surface area (Å²) in [5, 5.41) is 12.1. The van der Waals surface area contributed by atoms with Crippen molar-refractivity contribution >= 4 is 17.8 Å². The molecule has 82 valence electrons. The second-order valence-electron chi connectivity index (χ2n) is 3.56. The zero-order chi connectivity index (χ0) is 10.7. The number of nitrogens with zero attached hydrogens (tertiary/aromatic N) is 2. The Morgan fingerprint density at radius 1 is 1.60 bits per heavy atom. The van der Waals surface area contributed by atoms with Gasteiger partial charge in [0, 0.05) is 19.0 Å². The first-order valence-corrected chi connectivity index (χ1v) is 4.95. The molecule has 1 aliphatic carbocycles. The van der Waals surface area contributed by atoms with E-state index in [1.807, 2.05) is 0 Å². The van der Waals surface area contributed by atoms with E-state index in [2.05, 4.69) is 25.8 Å². The summed E-state index contributed by atoms with van der Waals surface area (Å²) in [6.07, 6.45) is 2.64. The third-order valence-electron chi connectivity index (χ3n) is 2.08. The Kier molecular flexibility index (Phi) is 2.70. The number of nitrogen functional groups attached to an aromatic ring is 1. The molecule has 1 aromatic heterocycles. The number of nitrogens with two attached hydrogens (primary N) is 1. The molecule has 0 saturated heterocycles. The summed E-state index contributed by atoms with van der Waals surface area (Å²) in [5.74, 6) is 0.750. The number of anilines is 2. The van der Waals surface area contributed by atoms with Gasteiger partial charge in [-0.15, -0.1) is 5.10 Å². The fraction of sp³-hybridized carbons (Fsp3) is 0.625. The van der Waals surface area contributed by atoms with Gasteiger partial charge in [-0.3, -0.25) is 4.79 Å². The van der Waals surface area contributed by atoms with E-state index in [9.17, 15) is 4.79 Å². The molecule has 0 radical (unpaired) electrons. The monoisotopic (exact) mass is 210 g/mol. The van der Waals surface area contributed by atoms with Gasteiger partial charge in [0.25, 0.3) is 0 Å². The van der Waals surface area contributed by atoms with E-state index < -0.39 is 0 Å². The molecule has 1 amide bonds. The van der Waals surface area contributed by atoms with Crippen molar-refractivity contribution in [1.82, 2.24) is 20.5 Å². The Bertz CT molecular complexity index is 345. The maximum Gasteiger partial charge on any atom is 0.243 e. The molecule has 1 aliphatic rings. The molecule has 1 aromatic rings. The van der Waals surface area contributed by atoms with Gasteiger partial charge in [-0.2, -0.15) is 4.98 Å². The molecular weight excluding hydrogens is 196 g/mol. The molecular formula is C8H14N6O. The van der Waals surface area contributed by atoms with Crippen LogP contribution in [0, 0.1) is 0 Å². The quantitative estimate of drug-likeness (QED) is 0.522. The second kappa shape index (κ2) is 4.16. The summed E-state index contributed by atoms with van der Waals surface area (Å²) >= 11 is 0. The number of nitrogens with one attached hydrogen (secondary N) is 3. The largest absolute Gasteiger partial charge is 0.368 e. The number of hydrogen-bond acceptors (Lipinski definition) is 5. The summed E-state index contributed by atoms with van der Waals surface area (Å²) in [6, 6.07) is 0.414. The van der Waals surface area contributed by atoms with Crippen molar-refractivity contribution in [3.63, 3.8) is 0 Å². The van der Waals surface area contributed by atoms with Gasteiger partial charge in [0.2, 0.25) is 17.8 Å². The van der Waals surface area contributed by atoms with E-state index in [1.165, 1.54) is 0 Å². The summed E-state index contributed by atoms with van der Waals surface area (Å²) < 4.78 is 0. The van der Waals surface area contributed by atoms with E-state index in [4.69, 9.17) is 5.73 Å². The first-order chi connectivity index (χ1) is 7.24. The number of aromatic amines is 1. The van der Waals surface area contributed by atoms with Crippen molar-refractivity contribution in [2.24, 2.45) is 0 Å². The van der Waals surface area contributed by atoms with Gasteiger partial charge in [-0.1, -0.05) is 0 Å². The number of H-pyrrole nitrogens is 1. The highest BCUT2D eigenvalue weighted by Crippen LogP contribution is 2.18. The van der Waals surface area contributed by atoms with Crippen molar-refractivity contribution in [3.05, 3.63) is 0 Å². The second-order valence-corrected chi connectivity index (χ2v) is 3.56. The predicted octanol–water partition coefficient (Wildman–Crippen LogP) is -0.533. The minimum absolute atomic E-state index is 0.0634. The van der Waals surface area contributed by atoms with Gasteiger partial charge in [0.05, 0.1) is 0 Å². The van der Waals surface area contributed by atoms with Crippen LogP contribution in [0.1, 0.15) is 19.3 Å². The smallest absolute Gasteiger partial charge is 0.243 e. The van der Waals surface area contributed by atoms with E-state index in [0.717, 1.165) is 12.8 Å². The molecule has 1 fully saturated rings. The summed E-state index contributed by atoms with van der Waals surface area (Å²) in [4.78, 5) is 15.1. The number of carbonyl (C=O) groups excluding carboxylic acids is 1. The minimum atomic E-state index is 0.0634. The average Bonchev–Trinajstić information content (AvgIpc) is 2.89. The molecule has 0 atom stereocenters. The molecule has 0 aliphatic heterocycles. The first-order valence-electron chi connectivity index (χ1n) is 4.95. The van der Waals surface area contributed by atoms with E-state index >= 15 is 0 Å². The van der Waals surface area contributed by atoms with Gasteiger partial charge in [0.1, 0.15) is 0 Å². The first kappa shape index (κ1) is 9.75. The van der Waals surface area contributed by atoms with Gasteiger partial charge >= 0.3 is 0 Å². The molecule has 7 heteroatoms. The Labute approximate surface area is 86.8 Å². The third kappa shape index (κ3) is 3.12. The average molecular weight is 210 g/mol. The number of hydrogen-bond donors (Lipinski definition) is 4. The lowest BCUT2D eigenvalue weighted by Gasteiger charge is -2.02. The van der Waals surface area contributed by atoms with Crippen LogP contribution in [0.25, 0.3) is 0 Å². The predicted molar refractivity (Wildman–Crippen MR) is 55.1 cm³/mol. The van der Waals surface area contributed by atoms with Gasteiger partial charge in [-0.05, 0) is 12.8 Å². The van der Waals surface area contributed by atoms with Crippen LogP contribution < -0.4 is 16.4 Å². The number of carbonyl (C=O) groups is 1. The Balaban J connectivity index is 1.63. The van der Waals surface area contributed by atoms with Crippen LogP contribution in [-0.4, -0.2) is 33.7 Å². The summed E-state index contributed by atoms with van der Waals surface area (Å²) in [6.45, 7) is 0.510. The standard InChI is InChI=1S/C8H14N6O/c9-7-12-8(14-13-7)10-4-3-6(15)11-5-1-2-5/h5H,1-4H2,(H,11,15)(H4,9,10,12,13,14). The molecule has 1 saturated carbocycles. The maximum atomic E-state index is 11.3. The van der Waals surface area contributed by atoms with E-state index in [1.54, 1.807) is 0 Å². The minimum Gasteiger partial charge on any atom is -0.368 e. The Hall–Kier alpha value is -1.79. The van der Waals surface area contributed by atoms with Crippen LogP contribution in [0.5, 0.6) is 0 Å². The van der Waals surface area contributed by atoms with E-state index in [0.29, 0.717) is 25.0 Å². The molecule has 1 heterocycles. The number of aromatic nitrogens is 3. The molecule has 0 bridgehead atoms. The maximum absolute atomic E-state index is 11.3. The van der Waals surface area contributed by atoms with Crippen LogP contribution in [-0.2, 0) is 4.79 Å². The fourth-order valence-electron chi connectivity index (χ4n) is 1.17. The highest BCUT2D eigenvalue weighted by atomic mass is 16.1. The highest BCUT2D eigenvalue weighted by molar-refractivity contribution is 5.77. The zero-order valence-electron chi connectivity index (χ0n) is 8.29. The fourth-order valence-corrected chi connectivity index (χ4v) is 1.17. The van der Waals surface area contributed by atoms with Gasteiger partial charge in [0.15, 0.2) is 0 Å². The summed E-state index contributed by atoms with van der Waals surface area (Å²) in [5.41, 5.74) is 5.34. The van der Waals surface area contributed by atoms with Crippen LogP contribution in [0.2, 0.25) is 0 Å². The summed E-state index contributed by atoms with van der Waals surface area (Å²) in [7, 11) is 0. The molecule has 0 unspecified atom stereocenters. The molecule has 15 heavy (non-hydrogen) atoms. The van der Waals surface area contributed by atoms with Crippen molar-refractivity contribution in [2.45, 2.75) is 25.3 Å². The SMILES string of the molecule is Nc1nc(NCCC(=O)NC2CC2)n[nH]1. The van der Waals surface area contributed by atoms with Crippen LogP contribution in [0.4, 0.5) is 11.9 Å².